The van der Waals surface area contributed by atoms with Gasteiger partial charge >= 0.3 is 0 Å². The predicted molar refractivity (Wildman–Crippen MR) is 122 cm³/mol. The summed E-state index contributed by atoms with van der Waals surface area (Å²) in [6, 6.07) is 17.7. The highest BCUT2D eigenvalue weighted by molar-refractivity contribution is 7.92. The number of carbonyl (C=O) groups excluding carboxylic acids is 1. The Bertz CT molecular complexity index is 1300. The van der Waals surface area contributed by atoms with E-state index in [-0.39, 0.29) is 21.7 Å². The normalized spacial score (nSPS) is 13.3. The molecule has 0 aromatic heterocycles. The molecular weight excluding hydrogens is 430 g/mol. The van der Waals surface area contributed by atoms with Gasteiger partial charge in [-0.2, -0.15) is 0 Å². The van der Waals surface area contributed by atoms with Crippen molar-refractivity contribution in [2.75, 3.05) is 16.2 Å². The van der Waals surface area contributed by atoms with E-state index in [0.29, 0.717) is 17.9 Å². The van der Waals surface area contributed by atoms with Crippen LogP contribution in [-0.4, -0.2) is 25.8 Å². The summed E-state index contributed by atoms with van der Waals surface area (Å²) in [4.78, 5) is 23.3. The summed E-state index contributed by atoms with van der Waals surface area (Å²) in [6.07, 6.45) is 1.58. The molecule has 0 fully saturated rings. The molecule has 4 rings (SSSR count). The maximum absolute atomic E-state index is 13.2. The van der Waals surface area contributed by atoms with E-state index >= 15 is 0 Å². The molecule has 3 aromatic carbocycles. The van der Waals surface area contributed by atoms with Crippen molar-refractivity contribution in [2.45, 2.75) is 24.7 Å². The smallest absolute Gasteiger partial charge is 0.273 e. The molecule has 1 heterocycles. The molecule has 0 unspecified atom stereocenters. The zero-order valence-electron chi connectivity index (χ0n) is 17.3. The molecule has 0 saturated heterocycles. The molecule has 0 radical (unpaired) electrons. The Balaban J connectivity index is 1.56. The molecule has 9 heteroatoms. The number of hydrogen-bond acceptors (Lipinski definition) is 5. The minimum atomic E-state index is -3.75. The third-order valence-corrected chi connectivity index (χ3v) is 7.34. The van der Waals surface area contributed by atoms with Gasteiger partial charge in [-0.15, -0.1) is 0 Å². The first kappa shape index (κ1) is 21.5. The molecule has 0 spiro atoms. The van der Waals surface area contributed by atoms with Gasteiger partial charge < -0.3 is 5.32 Å². The predicted octanol–water partition coefficient (Wildman–Crippen LogP) is 4.30. The lowest BCUT2D eigenvalue weighted by molar-refractivity contribution is -0.385. The highest BCUT2D eigenvalue weighted by Gasteiger charge is 2.29. The second-order valence-electron chi connectivity index (χ2n) is 7.49. The monoisotopic (exact) mass is 451 g/mol. The lowest BCUT2D eigenvalue weighted by atomic mass is 10.0. The van der Waals surface area contributed by atoms with E-state index in [1.54, 1.807) is 0 Å². The fourth-order valence-corrected chi connectivity index (χ4v) is 5.39. The van der Waals surface area contributed by atoms with Gasteiger partial charge in [0.1, 0.15) is 0 Å². The highest BCUT2D eigenvalue weighted by atomic mass is 32.2. The summed E-state index contributed by atoms with van der Waals surface area (Å²) in [5.41, 5.74) is 2.38. The highest BCUT2D eigenvalue weighted by Crippen LogP contribution is 2.32. The molecular formula is C23H21N3O5S. The SMILES string of the molecule is Cc1c(C(=O)Nc2ccc(S(=O)(=O)N3CCCc4ccccc43)cc2)cccc1[N+](=O)[O-]. The van der Waals surface area contributed by atoms with Gasteiger partial charge in [0.05, 0.1) is 15.5 Å². The Morgan fingerprint density at radius 3 is 2.47 bits per heavy atom. The van der Waals surface area contributed by atoms with E-state index < -0.39 is 20.9 Å². The number of benzene rings is 3. The minimum Gasteiger partial charge on any atom is -0.322 e. The Morgan fingerprint density at radius 1 is 1.03 bits per heavy atom. The molecule has 32 heavy (non-hydrogen) atoms. The minimum absolute atomic E-state index is 0.124. The van der Waals surface area contributed by atoms with E-state index in [1.807, 2.05) is 24.3 Å². The third kappa shape index (κ3) is 3.94. The molecule has 1 amide bonds. The topological polar surface area (TPSA) is 110 Å². The molecule has 8 nitrogen and oxygen atoms in total. The van der Waals surface area contributed by atoms with Crippen LogP contribution in [-0.2, 0) is 16.4 Å². The van der Waals surface area contributed by atoms with Gasteiger partial charge in [-0.3, -0.25) is 19.2 Å². The van der Waals surface area contributed by atoms with Crippen LogP contribution in [0.25, 0.3) is 0 Å². The van der Waals surface area contributed by atoms with Crippen molar-refractivity contribution in [3.63, 3.8) is 0 Å². The number of nitro benzene ring substituents is 1. The molecule has 0 bridgehead atoms. The number of nitro groups is 1. The summed E-state index contributed by atoms with van der Waals surface area (Å²) < 4.78 is 27.9. The van der Waals surface area contributed by atoms with E-state index in [9.17, 15) is 23.3 Å². The number of hydrogen-bond donors (Lipinski definition) is 1. The number of sulfonamides is 1. The largest absolute Gasteiger partial charge is 0.322 e. The number of aryl methyl sites for hydroxylation is 1. The second-order valence-corrected chi connectivity index (χ2v) is 9.36. The molecule has 1 aliphatic heterocycles. The molecule has 1 N–H and O–H groups in total. The second kappa shape index (κ2) is 8.43. The number of fused-ring (bicyclic) bond motifs is 1. The van der Waals surface area contributed by atoms with Gasteiger partial charge in [0.2, 0.25) is 0 Å². The summed E-state index contributed by atoms with van der Waals surface area (Å²) in [5.74, 6) is -0.508. The summed E-state index contributed by atoms with van der Waals surface area (Å²) in [6.45, 7) is 1.92. The standard InChI is InChI=1S/C23H21N3O5S/c1-16-20(8-4-10-21(16)26(28)29)23(27)24-18-11-13-19(14-12-18)32(30,31)25-15-5-7-17-6-2-3-9-22(17)25/h2-4,6,8-14H,5,7,15H2,1H3,(H,24,27). The number of nitrogens with zero attached hydrogens (tertiary/aromatic N) is 2. The van der Waals surface area contributed by atoms with Crippen molar-refractivity contribution in [1.29, 1.82) is 0 Å². The molecule has 0 atom stereocenters. The Hall–Kier alpha value is -3.72. The van der Waals surface area contributed by atoms with E-state index in [0.717, 1.165) is 18.4 Å². The van der Waals surface area contributed by atoms with Gasteiger partial charge in [-0.25, -0.2) is 8.42 Å². The number of para-hydroxylation sites is 1. The van der Waals surface area contributed by atoms with Crippen LogP contribution in [0.1, 0.15) is 27.9 Å². The Morgan fingerprint density at radius 2 is 1.75 bits per heavy atom. The molecule has 3 aromatic rings. The zero-order valence-corrected chi connectivity index (χ0v) is 18.1. The van der Waals surface area contributed by atoms with Crippen LogP contribution in [0.4, 0.5) is 17.1 Å². The van der Waals surface area contributed by atoms with Crippen molar-refractivity contribution in [3.05, 3.63) is 93.5 Å². The molecule has 164 valence electrons. The lowest BCUT2D eigenvalue weighted by Gasteiger charge is -2.30. The van der Waals surface area contributed by atoms with Gasteiger partial charge in [0.25, 0.3) is 21.6 Å². The molecule has 0 saturated carbocycles. The lowest BCUT2D eigenvalue weighted by Crippen LogP contribution is -2.35. The van der Waals surface area contributed by atoms with Crippen molar-refractivity contribution in [1.82, 2.24) is 0 Å². The van der Waals surface area contributed by atoms with Gasteiger partial charge in [-0.1, -0.05) is 24.3 Å². The zero-order chi connectivity index (χ0) is 22.9. The third-order valence-electron chi connectivity index (χ3n) is 5.51. The Kier molecular flexibility index (Phi) is 5.67. The van der Waals surface area contributed by atoms with Crippen LogP contribution < -0.4 is 9.62 Å². The fraction of sp³-hybridized carbons (Fsp3) is 0.174. The first-order valence-corrected chi connectivity index (χ1v) is 11.5. The number of carbonyl (C=O) groups is 1. The van der Waals surface area contributed by atoms with Crippen molar-refractivity contribution >= 4 is 33.0 Å². The first-order chi connectivity index (χ1) is 15.3. The van der Waals surface area contributed by atoms with Crippen molar-refractivity contribution in [3.8, 4) is 0 Å². The summed E-state index contributed by atoms with van der Waals surface area (Å²) >= 11 is 0. The maximum Gasteiger partial charge on any atom is 0.273 e. The maximum atomic E-state index is 13.2. The fourth-order valence-electron chi connectivity index (χ4n) is 3.85. The van der Waals surface area contributed by atoms with Crippen LogP contribution >= 0.6 is 0 Å². The van der Waals surface area contributed by atoms with Gasteiger partial charge in [-0.05, 0) is 61.7 Å². The van der Waals surface area contributed by atoms with Crippen molar-refractivity contribution < 1.29 is 18.1 Å². The summed E-state index contributed by atoms with van der Waals surface area (Å²) in [7, 11) is -3.75. The average molecular weight is 452 g/mol. The van der Waals surface area contributed by atoms with E-state index in [1.165, 1.54) is 53.7 Å². The number of nitrogens with one attached hydrogen (secondary N) is 1. The average Bonchev–Trinajstić information content (AvgIpc) is 2.79. The van der Waals surface area contributed by atoms with Crippen molar-refractivity contribution in [2.24, 2.45) is 0 Å². The van der Waals surface area contributed by atoms with Crippen LogP contribution in [0.5, 0.6) is 0 Å². The first-order valence-electron chi connectivity index (χ1n) is 10.0. The van der Waals surface area contributed by atoms with Crippen LogP contribution in [0, 0.1) is 17.0 Å². The van der Waals surface area contributed by atoms with E-state index in [2.05, 4.69) is 5.32 Å². The molecule has 0 aliphatic carbocycles. The van der Waals surface area contributed by atoms with Crippen LogP contribution in [0.3, 0.4) is 0 Å². The Labute approximate surface area is 185 Å². The van der Waals surface area contributed by atoms with Gasteiger partial charge in [0.15, 0.2) is 0 Å². The summed E-state index contributed by atoms with van der Waals surface area (Å²) in [5, 5.41) is 13.8. The number of amides is 1. The van der Waals surface area contributed by atoms with Gasteiger partial charge in [0, 0.05) is 29.4 Å². The van der Waals surface area contributed by atoms with Crippen LogP contribution in [0.2, 0.25) is 0 Å². The van der Waals surface area contributed by atoms with Crippen LogP contribution in [0.15, 0.2) is 71.6 Å². The van der Waals surface area contributed by atoms with E-state index in [4.69, 9.17) is 0 Å². The molecule has 1 aliphatic rings. The number of anilines is 2. The number of rotatable bonds is 5. The quantitative estimate of drug-likeness (QED) is 0.459.